The zero-order valence-corrected chi connectivity index (χ0v) is 16.0. The largest absolute Gasteiger partial charge is 0.340 e. The van der Waals surface area contributed by atoms with Crippen LogP contribution in [0.25, 0.3) is 5.69 Å². The molecule has 0 bridgehead atoms. The maximum absolute atomic E-state index is 12.7. The molecule has 1 saturated heterocycles. The molecular formula is C20H23N5O3. The van der Waals surface area contributed by atoms with Crippen molar-refractivity contribution < 1.29 is 14.4 Å². The summed E-state index contributed by atoms with van der Waals surface area (Å²) in [7, 11) is 1.65. The number of imide groups is 1. The monoisotopic (exact) mass is 381 g/mol. The summed E-state index contributed by atoms with van der Waals surface area (Å²) in [5.74, 6) is -0.430. The highest BCUT2D eigenvalue weighted by Gasteiger charge is 2.56. The third kappa shape index (κ3) is 3.26. The number of rotatable bonds is 6. The highest BCUT2D eigenvalue weighted by Crippen LogP contribution is 2.42. The van der Waals surface area contributed by atoms with E-state index < -0.39 is 11.6 Å². The predicted octanol–water partition coefficient (Wildman–Crippen LogP) is 1.55. The van der Waals surface area contributed by atoms with Crippen molar-refractivity contribution in [2.24, 2.45) is 5.92 Å². The molecule has 1 atom stereocenters. The first-order valence-corrected chi connectivity index (χ1v) is 9.35. The Morgan fingerprint density at radius 2 is 2.00 bits per heavy atom. The third-order valence-electron chi connectivity index (χ3n) is 5.49. The summed E-state index contributed by atoms with van der Waals surface area (Å²) in [5, 5.41) is 7.08. The number of carbonyl (C=O) groups excluding carboxylic acids is 3. The van der Waals surface area contributed by atoms with Crippen LogP contribution in [0.15, 0.2) is 42.7 Å². The highest BCUT2D eigenvalue weighted by molar-refractivity contribution is 6.09. The fourth-order valence-electron chi connectivity index (χ4n) is 3.58. The fraction of sp³-hybridized carbons (Fsp3) is 0.400. The van der Waals surface area contributed by atoms with Gasteiger partial charge in [-0.2, -0.15) is 5.10 Å². The summed E-state index contributed by atoms with van der Waals surface area (Å²) in [6, 6.07) is 9.20. The molecule has 146 valence electrons. The molecule has 8 heteroatoms. The van der Waals surface area contributed by atoms with E-state index in [-0.39, 0.29) is 24.3 Å². The van der Waals surface area contributed by atoms with Crippen LogP contribution < -0.4 is 5.32 Å². The molecule has 1 aromatic carbocycles. The van der Waals surface area contributed by atoms with Crippen molar-refractivity contribution in [3.8, 4) is 5.69 Å². The lowest BCUT2D eigenvalue weighted by Gasteiger charge is -2.22. The number of nitrogens with one attached hydrogen (secondary N) is 1. The number of nitrogens with zero attached hydrogens (tertiary/aromatic N) is 4. The van der Waals surface area contributed by atoms with E-state index in [9.17, 15) is 14.4 Å². The molecule has 0 spiro atoms. The minimum absolute atomic E-state index is 0.172. The number of likely N-dealkylation sites (N-methyl/N-ethyl adjacent to an activating group) is 1. The first kappa shape index (κ1) is 18.2. The van der Waals surface area contributed by atoms with E-state index in [1.54, 1.807) is 24.9 Å². The Hall–Kier alpha value is -3.16. The van der Waals surface area contributed by atoms with Crippen molar-refractivity contribution in [1.29, 1.82) is 0 Å². The molecule has 1 unspecified atom stereocenters. The summed E-state index contributed by atoms with van der Waals surface area (Å²) in [4.78, 5) is 40.0. The van der Waals surface area contributed by atoms with Gasteiger partial charge in [-0.15, -0.1) is 0 Å². The number of hydrogen-bond donors (Lipinski definition) is 1. The van der Waals surface area contributed by atoms with Crippen LogP contribution in [0.5, 0.6) is 0 Å². The van der Waals surface area contributed by atoms with E-state index >= 15 is 0 Å². The van der Waals surface area contributed by atoms with Gasteiger partial charge in [-0.05, 0) is 37.8 Å². The molecule has 2 aromatic rings. The van der Waals surface area contributed by atoms with E-state index in [1.165, 1.54) is 4.90 Å². The lowest BCUT2D eigenvalue weighted by atomic mass is 9.96. The first-order chi connectivity index (χ1) is 13.4. The number of para-hydroxylation sites is 1. The van der Waals surface area contributed by atoms with Crippen LogP contribution >= 0.6 is 0 Å². The van der Waals surface area contributed by atoms with Crippen LogP contribution in [0.3, 0.4) is 0 Å². The standard InChI is InChI=1S/C20H23N5O3/c1-20(15-8-9-15)18(27)24(19(28)22-20)13-17(26)23(2)11-14-10-21-25(12-14)16-6-4-3-5-7-16/h3-7,10,12,15H,8-9,11,13H2,1-2H3,(H,22,28). The van der Waals surface area contributed by atoms with Crippen LogP contribution in [0.4, 0.5) is 4.79 Å². The van der Waals surface area contributed by atoms with E-state index in [0.717, 1.165) is 29.0 Å². The van der Waals surface area contributed by atoms with E-state index in [4.69, 9.17) is 0 Å². The smallest absolute Gasteiger partial charge is 0.325 e. The van der Waals surface area contributed by atoms with Gasteiger partial charge in [-0.25, -0.2) is 9.48 Å². The van der Waals surface area contributed by atoms with Crippen molar-refractivity contribution in [2.75, 3.05) is 13.6 Å². The average molecular weight is 381 g/mol. The van der Waals surface area contributed by atoms with Gasteiger partial charge in [0.15, 0.2) is 0 Å². The summed E-state index contributed by atoms with van der Waals surface area (Å²) in [5.41, 5.74) is 0.924. The second-order valence-corrected chi connectivity index (χ2v) is 7.68. The summed E-state index contributed by atoms with van der Waals surface area (Å²) in [6.45, 7) is 1.84. The Kier molecular flexibility index (Phi) is 4.41. The molecule has 1 N–H and O–H groups in total. The van der Waals surface area contributed by atoms with Crippen molar-refractivity contribution in [1.82, 2.24) is 24.9 Å². The van der Waals surface area contributed by atoms with Crippen LogP contribution in [-0.2, 0) is 16.1 Å². The quantitative estimate of drug-likeness (QED) is 0.769. The molecule has 1 aliphatic heterocycles. The van der Waals surface area contributed by atoms with E-state index in [2.05, 4.69) is 10.4 Å². The number of aromatic nitrogens is 2. The Morgan fingerprint density at radius 1 is 1.29 bits per heavy atom. The molecule has 4 amide bonds. The average Bonchev–Trinajstić information content (AvgIpc) is 3.41. The van der Waals surface area contributed by atoms with Gasteiger partial charge in [0.05, 0.1) is 11.9 Å². The van der Waals surface area contributed by atoms with Gasteiger partial charge in [-0.1, -0.05) is 18.2 Å². The fourth-order valence-corrected chi connectivity index (χ4v) is 3.58. The number of benzene rings is 1. The molecule has 1 aromatic heterocycles. The zero-order valence-electron chi connectivity index (χ0n) is 16.0. The second-order valence-electron chi connectivity index (χ2n) is 7.68. The van der Waals surface area contributed by atoms with E-state index in [0.29, 0.717) is 6.54 Å². The van der Waals surface area contributed by atoms with Gasteiger partial charge < -0.3 is 10.2 Å². The first-order valence-electron chi connectivity index (χ1n) is 9.35. The maximum Gasteiger partial charge on any atom is 0.325 e. The van der Waals surface area contributed by atoms with Gasteiger partial charge in [0, 0.05) is 25.4 Å². The number of amides is 4. The van der Waals surface area contributed by atoms with Gasteiger partial charge in [-0.3, -0.25) is 14.5 Å². The molecule has 0 radical (unpaired) electrons. The molecule has 4 rings (SSSR count). The van der Waals surface area contributed by atoms with Crippen LogP contribution in [-0.4, -0.2) is 56.6 Å². The Morgan fingerprint density at radius 3 is 2.68 bits per heavy atom. The molecule has 28 heavy (non-hydrogen) atoms. The summed E-state index contributed by atoms with van der Waals surface area (Å²) in [6.07, 6.45) is 5.41. The van der Waals surface area contributed by atoms with Crippen LogP contribution in [0.1, 0.15) is 25.3 Å². The van der Waals surface area contributed by atoms with E-state index in [1.807, 2.05) is 36.5 Å². The number of urea groups is 1. The zero-order chi connectivity index (χ0) is 19.9. The molecule has 1 saturated carbocycles. The normalized spacial score (nSPS) is 21.7. The Balaban J connectivity index is 1.38. The maximum atomic E-state index is 12.7. The van der Waals surface area contributed by atoms with Crippen LogP contribution in [0, 0.1) is 5.92 Å². The lowest BCUT2D eigenvalue weighted by molar-refractivity contribution is -0.138. The topological polar surface area (TPSA) is 87.5 Å². The minimum Gasteiger partial charge on any atom is -0.340 e. The number of hydrogen-bond acceptors (Lipinski definition) is 4. The van der Waals surface area contributed by atoms with Crippen molar-refractivity contribution in [3.63, 3.8) is 0 Å². The molecule has 1 aliphatic carbocycles. The summed E-state index contributed by atoms with van der Waals surface area (Å²) < 4.78 is 1.74. The number of carbonyl (C=O) groups is 3. The van der Waals surface area contributed by atoms with Crippen LogP contribution in [0.2, 0.25) is 0 Å². The molecule has 2 aliphatic rings. The molecular weight excluding hydrogens is 358 g/mol. The third-order valence-corrected chi connectivity index (χ3v) is 5.49. The van der Waals surface area contributed by atoms with Gasteiger partial charge in [0.2, 0.25) is 5.91 Å². The lowest BCUT2D eigenvalue weighted by Crippen LogP contribution is -2.47. The van der Waals surface area contributed by atoms with Crippen molar-refractivity contribution >= 4 is 17.8 Å². The van der Waals surface area contributed by atoms with Gasteiger partial charge >= 0.3 is 6.03 Å². The van der Waals surface area contributed by atoms with Crippen molar-refractivity contribution in [3.05, 3.63) is 48.3 Å². The minimum atomic E-state index is -0.868. The molecule has 2 fully saturated rings. The van der Waals surface area contributed by atoms with Gasteiger partial charge in [0.25, 0.3) is 5.91 Å². The summed E-state index contributed by atoms with van der Waals surface area (Å²) >= 11 is 0. The van der Waals surface area contributed by atoms with Crippen molar-refractivity contribution in [2.45, 2.75) is 31.8 Å². The molecule has 2 heterocycles. The SMILES string of the molecule is CN(Cc1cnn(-c2ccccc2)c1)C(=O)CN1C(=O)NC(C)(C2CC2)C1=O. The Bertz CT molecular complexity index is 921. The predicted molar refractivity (Wildman–Crippen MR) is 101 cm³/mol. The van der Waals surface area contributed by atoms with Gasteiger partial charge in [0.1, 0.15) is 12.1 Å². The highest BCUT2D eigenvalue weighted by atomic mass is 16.2. The Labute approximate surface area is 163 Å². The second kappa shape index (κ2) is 6.78. The molecule has 8 nitrogen and oxygen atoms in total.